The summed E-state index contributed by atoms with van der Waals surface area (Å²) in [4.78, 5) is 13.0. The molecule has 5 heteroatoms. The molecule has 2 rings (SSSR count). The summed E-state index contributed by atoms with van der Waals surface area (Å²) in [6.45, 7) is 4.75. The lowest BCUT2D eigenvalue weighted by atomic mass is 9.70. The fourth-order valence-corrected chi connectivity index (χ4v) is 4.70. The highest BCUT2D eigenvalue weighted by Gasteiger charge is 2.52. The van der Waals surface area contributed by atoms with Gasteiger partial charge in [-0.05, 0) is 29.0 Å². The van der Waals surface area contributed by atoms with Crippen molar-refractivity contribution in [1.29, 1.82) is 0 Å². The number of hydrogen-bond acceptors (Lipinski definition) is 4. The molecule has 100 valence electrons. The molecule has 2 N–H and O–H groups in total. The molecule has 18 heavy (non-hydrogen) atoms. The number of carbonyl (C=O) groups is 1. The first-order valence-corrected chi connectivity index (χ1v) is 8.10. The van der Waals surface area contributed by atoms with Crippen LogP contribution in [0.25, 0.3) is 0 Å². The van der Waals surface area contributed by atoms with Crippen molar-refractivity contribution in [3.63, 3.8) is 0 Å². The van der Waals surface area contributed by atoms with E-state index in [1.165, 1.54) is 4.88 Å². The maximum atomic E-state index is 11.8. The van der Waals surface area contributed by atoms with E-state index >= 15 is 0 Å². The zero-order chi connectivity index (χ0) is 13.2. The molecule has 1 fully saturated rings. The maximum Gasteiger partial charge on any atom is 0.325 e. The van der Waals surface area contributed by atoms with Crippen LogP contribution in [0.15, 0.2) is 17.5 Å². The molecule has 0 spiro atoms. The van der Waals surface area contributed by atoms with Crippen molar-refractivity contribution in [3.05, 3.63) is 22.4 Å². The Kier molecular flexibility index (Phi) is 4.04. The van der Waals surface area contributed by atoms with Gasteiger partial charge in [0.25, 0.3) is 0 Å². The second-order valence-electron chi connectivity index (χ2n) is 5.33. The number of thiophene rings is 1. The molecular weight excluding hydrogens is 266 g/mol. The van der Waals surface area contributed by atoms with Gasteiger partial charge < -0.3 is 5.11 Å². The molecule has 0 bridgehead atoms. The largest absolute Gasteiger partial charge is 0.480 e. The lowest BCUT2D eigenvalue weighted by Gasteiger charge is -2.47. The summed E-state index contributed by atoms with van der Waals surface area (Å²) in [7, 11) is 0. The molecule has 0 saturated carbocycles. The van der Waals surface area contributed by atoms with E-state index in [0.29, 0.717) is 12.3 Å². The molecule has 1 aliphatic heterocycles. The minimum atomic E-state index is -0.820. The third kappa shape index (κ3) is 2.44. The Labute approximate surface area is 116 Å². The minimum Gasteiger partial charge on any atom is -0.480 e. The number of carboxylic acid groups (broad SMARTS) is 1. The lowest BCUT2D eigenvalue weighted by Crippen LogP contribution is -2.64. The quantitative estimate of drug-likeness (QED) is 0.893. The Morgan fingerprint density at radius 3 is 2.89 bits per heavy atom. The van der Waals surface area contributed by atoms with Crippen molar-refractivity contribution < 1.29 is 9.90 Å². The van der Waals surface area contributed by atoms with Crippen molar-refractivity contribution in [2.45, 2.75) is 32.4 Å². The van der Waals surface area contributed by atoms with Gasteiger partial charge in [-0.2, -0.15) is 11.8 Å². The summed E-state index contributed by atoms with van der Waals surface area (Å²) in [5, 5.41) is 15.0. The van der Waals surface area contributed by atoms with E-state index in [4.69, 9.17) is 0 Å². The topological polar surface area (TPSA) is 49.3 Å². The van der Waals surface area contributed by atoms with Crippen molar-refractivity contribution in [1.82, 2.24) is 5.32 Å². The van der Waals surface area contributed by atoms with E-state index in [0.717, 1.165) is 12.2 Å². The number of hydrogen-bond donors (Lipinski definition) is 2. The molecule has 1 atom stereocenters. The van der Waals surface area contributed by atoms with Crippen LogP contribution in [-0.2, 0) is 11.3 Å². The number of carboxylic acids is 1. The van der Waals surface area contributed by atoms with E-state index in [9.17, 15) is 9.90 Å². The SMILES string of the molecule is CC1(C)CCSCC1(NCc1cccs1)C(=O)O. The summed E-state index contributed by atoms with van der Waals surface area (Å²) in [6.07, 6.45) is 0.932. The number of rotatable bonds is 4. The molecule has 1 aromatic heterocycles. The van der Waals surface area contributed by atoms with Crippen LogP contribution in [0.4, 0.5) is 0 Å². The maximum absolute atomic E-state index is 11.8. The van der Waals surface area contributed by atoms with Gasteiger partial charge in [0, 0.05) is 17.2 Å². The van der Waals surface area contributed by atoms with Crippen LogP contribution in [0.3, 0.4) is 0 Å². The molecule has 1 saturated heterocycles. The van der Waals surface area contributed by atoms with Crippen LogP contribution in [0, 0.1) is 5.41 Å². The first-order chi connectivity index (χ1) is 8.48. The third-order valence-corrected chi connectivity index (χ3v) is 5.86. The number of nitrogens with one attached hydrogen (secondary N) is 1. The fraction of sp³-hybridized carbons (Fsp3) is 0.615. The average molecular weight is 285 g/mol. The van der Waals surface area contributed by atoms with Gasteiger partial charge in [0.15, 0.2) is 0 Å². The highest BCUT2D eigenvalue weighted by molar-refractivity contribution is 7.99. The smallest absolute Gasteiger partial charge is 0.325 e. The molecule has 2 heterocycles. The van der Waals surface area contributed by atoms with Gasteiger partial charge >= 0.3 is 5.97 Å². The number of aliphatic carboxylic acids is 1. The minimum absolute atomic E-state index is 0.221. The van der Waals surface area contributed by atoms with Gasteiger partial charge in [0.05, 0.1) is 0 Å². The predicted molar refractivity (Wildman–Crippen MR) is 77.2 cm³/mol. The first kappa shape index (κ1) is 13.9. The Morgan fingerprint density at radius 2 is 2.33 bits per heavy atom. The molecule has 1 aliphatic rings. The Hall–Kier alpha value is -0.520. The molecule has 0 amide bonds. The predicted octanol–water partition coefficient (Wildman–Crippen LogP) is 2.82. The van der Waals surface area contributed by atoms with Gasteiger partial charge in [0.1, 0.15) is 5.54 Å². The van der Waals surface area contributed by atoms with Crippen molar-refractivity contribution >= 4 is 29.1 Å². The van der Waals surface area contributed by atoms with Gasteiger partial charge in [-0.3, -0.25) is 10.1 Å². The molecule has 1 unspecified atom stereocenters. The molecular formula is C13H19NO2S2. The molecule has 0 aromatic carbocycles. The van der Waals surface area contributed by atoms with Crippen LogP contribution >= 0.6 is 23.1 Å². The second kappa shape index (κ2) is 5.23. The van der Waals surface area contributed by atoms with Gasteiger partial charge in [-0.1, -0.05) is 19.9 Å². The van der Waals surface area contributed by atoms with E-state index in [1.54, 1.807) is 23.1 Å². The summed E-state index contributed by atoms with van der Waals surface area (Å²) in [5.41, 5.74) is -1.04. The van der Waals surface area contributed by atoms with Crippen LogP contribution in [0.1, 0.15) is 25.1 Å². The fourth-order valence-electron chi connectivity index (χ4n) is 2.33. The third-order valence-electron chi connectivity index (χ3n) is 3.85. The zero-order valence-electron chi connectivity index (χ0n) is 10.7. The van der Waals surface area contributed by atoms with Gasteiger partial charge in [-0.15, -0.1) is 11.3 Å². The van der Waals surface area contributed by atoms with E-state index in [1.807, 2.05) is 17.5 Å². The van der Waals surface area contributed by atoms with Crippen LogP contribution in [-0.4, -0.2) is 28.1 Å². The summed E-state index contributed by atoms with van der Waals surface area (Å²) < 4.78 is 0. The van der Waals surface area contributed by atoms with Crippen LogP contribution in [0.5, 0.6) is 0 Å². The second-order valence-corrected chi connectivity index (χ2v) is 7.47. The standard InChI is InChI=1S/C13H19NO2S2/c1-12(2)5-7-17-9-13(12,11(15)16)14-8-10-4-3-6-18-10/h3-4,6,14H,5,7-9H2,1-2H3,(H,15,16). The van der Waals surface area contributed by atoms with Crippen molar-refractivity contribution in [2.24, 2.45) is 5.41 Å². The van der Waals surface area contributed by atoms with Crippen LogP contribution < -0.4 is 5.32 Å². The molecule has 0 radical (unpaired) electrons. The Bertz CT molecular complexity index is 417. The zero-order valence-corrected chi connectivity index (χ0v) is 12.4. The Balaban J connectivity index is 2.18. The van der Waals surface area contributed by atoms with E-state index < -0.39 is 11.5 Å². The lowest BCUT2D eigenvalue weighted by molar-refractivity contribution is -0.149. The molecule has 1 aromatic rings. The van der Waals surface area contributed by atoms with Crippen molar-refractivity contribution in [3.8, 4) is 0 Å². The molecule has 0 aliphatic carbocycles. The summed E-state index contributed by atoms with van der Waals surface area (Å²) in [5.74, 6) is 0.958. The van der Waals surface area contributed by atoms with Crippen LogP contribution in [0.2, 0.25) is 0 Å². The highest BCUT2D eigenvalue weighted by Crippen LogP contribution is 2.42. The van der Waals surface area contributed by atoms with Gasteiger partial charge in [0.2, 0.25) is 0 Å². The average Bonchev–Trinajstić information content (AvgIpc) is 2.80. The van der Waals surface area contributed by atoms with E-state index in [2.05, 4.69) is 19.2 Å². The number of thioether (sulfide) groups is 1. The van der Waals surface area contributed by atoms with Crippen molar-refractivity contribution in [2.75, 3.05) is 11.5 Å². The van der Waals surface area contributed by atoms with E-state index in [-0.39, 0.29) is 5.41 Å². The molecule has 3 nitrogen and oxygen atoms in total. The first-order valence-electron chi connectivity index (χ1n) is 6.06. The van der Waals surface area contributed by atoms with Gasteiger partial charge in [-0.25, -0.2) is 0 Å². The highest BCUT2D eigenvalue weighted by atomic mass is 32.2. The monoisotopic (exact) mass is 285 g/mol. The normalized spacial score (nSPS) is 27.0. The summed E-state index contributed by atoms with van der Waals surface area (Å²) >= 11 is 3.39. The summed E-state index contributed by atoms with van der Waals surface area (Å²) in [6, 6.07) is 4.03. The Morgan fingerprint density at radius 1 is 1.56 bits per heavy atom.